The molecule has 0 bridgehead atoms. The highest BCUT2D eigenvalue weighted by Crippen LogP contribution is 2.32. The molecule has 1 atom stereocenters. The maximum Gasteiger partial charge on any atom is 0.461 e. The first-order chi connectivity index (χ1) is 10.6. The fourth-order valence-corrected chi connectivity index (χ4v) is 3.08. The Morgan fingerprint density at radius 3 is 2.18 bits per heavy atom. The lowest BCUT2D eigenvalue weighted by molar-refractivity contribution is 0.0598. The molecule has 110 valence electrons. The van der Waals surface area contributed by atoms with E-state index in [1.165, 1.54) is 12.1 Å². The Labute approximate surface area is 130 Å². The Balaban J connectivity index is 2.06. The van der Waals surface area contributed by atoms with Crippen molar-refractivity contribution in [1.29, 1.82) is 0 Å². The minimum atomic E-state index is -0.706. The third-order valence-corrected chi connectivity index (χ3v) is 4.07. The van der Waals surface area contributed by atoms with E-state index >= 15 is 0 Å². The van der Waals surface area contributed by atoms with Gasteiger partial charge in [-0.2, -0.15) is 0 Å². The highest BCUT2D eigenvalue weighted by Gasteiger charge is 2.42. The molecule has 0 saturated carbocycles. The third-order valence-electron chi connectivity index (χ3n) is 3.62. The number of carbonyl (C=O) groups is 2. The summed E-state index contributed by atoms with van der Waals surface area (Å²) in [6.07, 6.45) is 0. The number of phenols is 1. The Kier molecular flexibility index (Phi) is 3.68. The van der Waals surface area contributed by atoms with Crippen LogP contribution in [0.25, 0.3) is 0 Å². The quantitative estimate of drug-likeness (QED) is 0.693. The van der Waals surface area contributed by atoms with Crippen LogP contribution in [-0.4, -0.2) is 27.6 Å². The van der Waals surface area contributed by atoms with Gasteiger partial charge in [0.05, 0.1) is 11.1 Å². The Morgan fingerprint density at radius 1 is 1.00 bits per heavy atom. The largest absolute Gasteiger partial charge is 0.508 e. The Morgan fingerprint density at radius 2 is 1.64 bits per heavy atom. The molecule has 0 aromatic heterocycles. The molecular formula is C16H12NO4S+. The lowest BCUT2D eigenvalue weighted by Crippen LogP contribution is -2.35. The Hall–Kier alpha value is -2.60. The van der Waals surface area contributed by atoms with Crippen LogP contribution in [-0.2, 0) is 15.9 Å². The summed E-state index contributed by atoms with van der Waals surface area (Å²) in [6.45, 7) is 0. The summed E-state index contributed by atoms with van der Waals surface area (Å²) in [7, 11) is 0. The van der Waals surface area contributed by atoms with Gasteiger partial charge in [-0.1, -0.05) is 24.3 Å². The number of nitrogens with zero attached hydrogens (tertiary/aromatic N) is 1. The maximum absolute atomic E-state index is 12.5. The van der Waals surface area contributed by atoms with Crippen LogP contribution in [0, 0.1) is 0 Å². The van der Waals surface area contributed by atoms with Gasteiger partial charge in [0.2, 0.25) is 0 Å². The van der Waals surface area contributed by atoms with Gasteiger partial charge < -0.3 is 5.11 Å². The van der Waals surface area contributed by atoms with Gasteiger partial charge in [0, 0.05) is 4.21 Å². The normalized spacial score (nSPS) is 14.8. The molecule has 6 heteroatoms. The van der Waals surface area contributed by atoms with Crippen LogP contribution < -0.4 is 0 Å². The predicted octanol–water partition coefficient (Wildman–Crippen LogP) is 2.16. The van der Waals surface area contributed by atoms with Gasteiger partial charge in [-0.15, -0.1) is 0 Å². The van der Waals surface area contributed by atoms with Crippen LogP contribution in [0.3, 0.4) is 0 Å². The molecule has 0 radical (unpaired) electrons. The van der Waals surface area contributed by atoms with Gasteiger partial charge in [0.25, 0.3) is 17.6 Å². The summed E-state index contributed by atoms with van der Waals surface area (Å²) in [6, 6.07) is 12.1. The molecule has 2 aromatic carbocycles. The van der Waals surface area contributed by atoms with E-state index in [0.717, 1.165) is 4.90 Å². The number of imide groups is 1. The average molecular weight is 314 g/mol. The van der Waals surface area contributed by atoms with Gasteiger partial charge in [0.1, 0.15) is 11.8 Å². The Bertz CT molecular complexity index is 739. The van der Waals surface area contributed by atoms with Crippen LogP contribution in [0.15, 0.2) is 48.5 Å². The number of phenolic OH excluding ortho intramolecular Hbond substituents is 1. The number of hydrogen-bond donors (Lipinski definition) is 1. The van der Waals surface area contributed by atoms with Crippen molar-refractivity contribution in [3.05, 3.63) is 65.2 Å². The number of benzene rings is 2. The molecule has 0 unspecified atom stereocenters. The first-order valence-electron chi connectivity index (χ1n) is 6.64. The second-order valence-corrected chi connectivity index (χ2v) is 5.49. The summed E-state index contributed by atoms with van der Waals surface area (Å²) in [5.41, 5.74) is 1.24. The zero-order valence-corrected chi connectivity index (χ0v) is 12.2. The number of carbonyl (C=O) groups excluding carboxylic acids is 2. The molecule has 0 saturated heterocycles. The summed E-state index contributed by atoms with van der Waals surface area (Å²) < 4.78 is 11.0. The SMILES string of the molecule is O=[S+]C[C@H](c1cccc(O)c1)N1C(=O)c2ccccc2C1=O. The zero-order chi connectivity index (χ0) is 15.7. The van der Waals surface area contributed by atoms with Crippen LogP contribution in [0.2, 0.25) is 0 Å². The van der Waals surface area contributed by atoms with Crippen molar-refractivity contribution in [1.82, 2.24) is 4.90 Å². The molecule has 2 amide bonds. The van der Waals surface area contributed by atoms with Crippen LogP contribution in [0.4, 0.5) is 0 Å². The molecular weight excluding hydrogens is 302 g/mol. The minimum absolute atomic E-state index is 0.0227. The molecule has 0 fully saturated rings. The fraction of sp³-hybridized carbons (Fsp3) is 0.125. The lowest BCUT2D eigenvalue weighted by Gasteiger charge is -2.21. The number of aromatic hydroxyl groups is 1. The van der Waals surface area contributed by atoms with Crippen molar-refractivity contribution in [3.8, 4) is 5.75 Å². The van der Waals surface area contributed by atoms with Crippen LogP contribution in [0.5, 0.6) is 5.75 Å². The molecule has 2 aromatic rings. The van der Waals surface area contributed by atoms with Crippen molar-refractivity contribution in [2.24, 2.45) is 0 Å². The van der Waals surface area contributed by atoms with E-state index in [-0.39, 0.29) is 11.5 Å². The summed E-state index contributed by atoms with van der Waals surface area (Å²) >= 11 is 0.302. The fourth-order valence-electron chi connectivity index (χ4n) is 2.61. The smallest absolute Gasteiger partial charge is 0.461 e. The number of rotatable bonds is 4. The lowest BCUT2D eigenvalue weighted by atomic mass is 10.1. The van der Waals surface area contributed by atoms with Gasteiger partial charge in [-0.3, -0.25) is 14.5 Å². The van der Waals surface area contributed by atoms with E-state index in [4.69, 9.17) is 0 Å². The third kappa shape index (κ3) is 2.27. The molecule has 1 N–H and O–H groups in total. The molecule has 1 aliphatic rings. The van der Waals surface area contributed by atoms with E-state index in [9.17, 15) is 18.9 Å². The van der Waals surface area contributed by atoms with Crippen molar-refractivity contribution in [3.63, 3.8) is 0 Å². The highest BCUT2D eigenvalue weighted by molar-refractivity contribution is 7.65. The van der Waals surface area contributed by atoms with Crippen molar-refractivity contribution in [2.45, 2.75) is 6.04 Å². The van der Waals surface area contributed by atoms with E-state index in [1.807, 2.05) is 0 Å². The summed E-state index contributed by atoms with van der Waals surface area (Å²) in [4.78, 5) is 26.1. The second kappa shape index (κ2) is 5.65. The first-order valence-corrected chi connectivity index (χ1v) is 7.55. The molecule has 1 aliphatic heterocycles. The van der Waals surface area contributed by atoms with E-state index in [1.54, 1.807) is 36.4 Å². The van der Waals surface area contributed by atoms with Crippen LogP contribution >= 0.6 is 0 Å². The van der Waals surface area contributed by atoms with Crippen molar-refractivity contribution >= 4 is 23.5 Å². The van der Waals surface area contributed by atoms with E-state index in [0.29, 0.717) is 28.4 Å². The van der Waals surface area contributed by atoms with Gasteiger partial charge >= 0.3 is 11.7 Å². The first kappa shape index (κ1) is 14.3. The maximum atomic E-state index is 12.5. The second-order valence-electron chi connectivity index (χ2n) is 4.92. The summed E-state index contributed by atoms with van der Waals surface area (Å²) in [5.74, 6) is -0.782. The monoisotopic (exact) mass is 314 g/mol. The molecule has 1 heterocycles. The van der Waals surface area contributed by atoms with E-state index in [2.05, 4.69) is 0 Å². The molecule has 22 heavy (non-hydrogen) atoms. The zero-order valence-electron chi connectivity index (χ0n) is 11.4. The van der Waals surface area contributed by atoms with Crippen molar-refractivity contribution < 1.29 is 18.9 Å². The summed E-state index contributed by atoms with van der Waals surface area (Å²) in [5, 5.41) is 9.61. The van der Waals surface area contributed by atoms with Gasteiger partial charge in [-0.05, 0) is 29.8 Å². The minimum Gasteiger partial charge on any atom is -0.508 e. The van der Waals surface area contributed by atoms with Gasteiger partial charge in [-0.25, -0.2) is 0 Å². The van der Waals surface area contributed by atoms with Gasteiger partial charge in [0.15, 0.2) is 0 Å². The average Bonchev–Trinajstić information content (AvgIpc) is 2.77. The molecule has 0 spiro atoms. The number of fused-ring (bicyclic) bond motifs is 1. The van der Waals surface area contributed by atoms with Crippen LogP contribution in [0.1, 0.15) is 32.3 Å². The van der Waals surface area contributed by atoms with Crippen molar-refractivity contribution in [2.75, 3.05) is 5.75 Å². The number of amides is 2. The molecule has 5 nitrogen and oxygen atoms in total. The topological polar surface area (TPSA) is 74.7 Å². The highest BCUT2D eigenvalue weighted by atomic mass is 32.1. The number of hydrogen-bond acceptors (Lipinski definition) is 4. The predicted molar refractivity (Wildman–Crippen MR) is 80.7 cm³/mol. The molecule has 3 rings (SSSR count). The molecule has 0 aliphatic carbocycles. The van der Waals surface area contributed by atoms with E-state index < -0.39 is 17.9 Å². The standard InChI is InChI=1S/C16H11NO4S/c18-11-5-3-4-10(8-11)14(9-22-21)17-15(19)12-6-1-2-7-13(12)16(17)20/h1-8,14H,9H2/p+1/t14-/m1/s1.